The Labute approximate surface area is 153 Å². The van der Waals surface area contributed by atoms with Crippen molar-refractivity contribution in [3.63, 3.8) is 0 Å². The molecule has 0 bridgehead atoms. The minimum absolute atomic E-state index is 0.147. The van der Waals surface area contributed by atoms with Gasteiger partial charge in [-0.3, -0.25) is 9.88 Å². The second-order valence-electron chi connectivity index (χ2n) is 7.34. The Bertz CT molecular complexity index is 723. The number of anilines is 1. The largest absolute Gasteiger partial charge is 0.396 e. The van der Waals surface area contributed by atoms with E-state index in [0.29, 0.717) is 18.5 Å². The molecule has 8 nitrogen and oxygen atoms in total. The third-order valence-electron chi connectivity index (χ3n) is 5.79. The van der Waals surface area contributed by atoms with E-state index in [1.807, 2.05) is 6.92 Å². The summed E-state index contributed by atoms with van der Waals surface area (Å²) >= 11 is 0. The van der Waals surface area contributed by atoms with E-state index in [1.165, 1.54) is 0 Å². The Morgan fingerprint density at radius 3 is 3.00 bits per heavy atom. The molecule has 0 unspecified atom stereocenters. The van der Waals surface area contributed by atoms with Gasteiger partial charge in [-0.2, -0.15) is 4.98 Å². The standard InChI is InChI=1S/C18H26N6O2/c1-2-17-21-15(22-26-17)11-23-8-3-5-18(13-25)12-24(9-4-14(18)23)16-10-19-6-7-20-16/h6-7,10,14,25H,2-5,8-9,11-13H2,1H3/t14-,18-/m1/s1. The lowest BCUT2D eigenvalue weighted by Gasteiger charge is -2.54. The molecule has 1 N–H and O–H groups in total. The van der Waals surface area contributed by atoms with Gasteiger partial charge in [0, 0.05) is 43.4 Å². The average Bonchev–Trinajstić information content (AvgIpc) is 3.16. The van der Waals surface area contributed by atoms with E-state index in [4.69, 9.17) is 4.52 Å². The van der Waals surface area contributed by atoms with Crippen LogP contribution in [0.5, 0.6) is 0 Å². The second-order valence-corrected chi connectivity index (χ2v) is 7.34. The molecule has 2 saturated heterocycles. The number of aromatic nitrogens is 4. The molecule has 4 rings (SSSR count). The predicted octanol–water partition coefficient (Wildman–Crippen LogP) is 1.28. The minimum Gasteiger partial charge on any atom is -0.396 e. The number of hydrogen-bond donors (Lipinski definition) is 1. The van der Waals surface area contributed by atoms with Gasteiger partial charge in [0.05, 0.1) is 19.3 Å². The van der Waals surface area contributed by atoms with E-state index in [2.05, 4.69) is 29.9 Å². The maximum atomic E-state index is 10.3. The second kappa shape index (κ2) is 7.28. The fourth-order valence-electron chi connectivity index (χ4n) is 4.51. The highest BCUT2D eigenvalue weighted by molar-refractivity contribution is 5.37. The average molecular weight is 358 g/mol. The number of rotatable bonds is 5. The summed E-state index contributed by atoms with van der Waals surface area (Å²) in [6.45, 7) is 5.59. The molecular formula is C18H26N6O2. The molecule has 0 aliphatic carbocycles. The molecule has 26 heavy (non-hydrogen) atoms. The number of likely N-dealkylation sites (tertiary alicyclic amines) is 1. The van der Waals surface area contributed by atoms with Crippen LogP contribution in [0, 0.1) is 5.41 Å². The van der Waals surface area contributed by atoms with E-state index in [1.54, 1.807) is 18.6 Å². The first kappa shape index (κ1) is 17.4. The van der Waals surface area contributed by atoms with Gasteiger partial charge in [0.15, 0.2) is 5.82 Å². The molecule has 0 radical (unpaired) electrons. The first-order chi connectivity index (χ1) is 12.7. The quantitative estimate of drug-likeness (QED) is 0.854. The minimum atomic E-state index is -0.147. The van der Waals surface area contributed by atoms with Crippen molar-refractivity contribution in [1.29, 1.82) is 0 Å². The summed E-state index contributed by atoms with van der Waals surface area (Å²) in [5.41, 5.74) is -0.147. The number of aliphatic hydroxyl groups excluding tert-OH is 1. The molecule has 2 atom stereocenters. The maximum Gasteiger partial charge on any atom is 0.226 e. The van der Waals surface area contributed by atoms with Crippen LogP contribution in [0.15, 0.2) is 23.1 Å². The molecule has 4 heterocycles. The van der Waals surface area contributed by atoms with Crippen LogP contribution in [0.4, 0.5) is 5.82 Å². The topological polar surface area (TPSA) is 91.4 Å². The summed E-state index contributed by atoms with van der Waals surface area (Å²) in [5, 5.41) is 14.4. The van der Waals surface area contributed by atoms with Crippen molar-refractivity contribution in [3.8, 4) is 0 Å². The van der Waals surface area contributed by atoms with Crippen LogP contribution in [0.3, 0.4) is 0 Å². The Hall–Kier alpha value is -2.06. The molecule has 2 aliphatic heterocycles. The molecule has 2 fully saturated rings. The van der Waals surface area contributed by atoms with Crippen LogP contribution in [0.1, 0.15) is 37.9 Å². The highest BCUT2D eigenvalue weighted by Crippen LogP contribution is 2.42. The highest BCUT2D eigenvalue weighted by atomic mass is 16.5. The van der Waals surface area contributed by atoms with E-state index < -0.39 is 0 Å². The fourth-order valence-corrected chi connectivity index (χ4v) is 4.51. The van der Waals surface area contributed by atoms with Gasteiger partial charge in [-0.05, 0) is 25.8 Å². The van der Waals surface area contributed by atoms with Crippen molar-refractivity contribution in [2.24, 2.45) is 5.41 Å². The number of fused-ring (bicyclic) bond motifs is 1. The SMILES string of the molecule is CCc1nc(CN2CCC[C@]3(CO)CN(c4cnccn4)CC[C@@H]23)no1. The van der Waals surface area contributed by atoms with Gasteiger partial charge in [0.25, 0.3) is 0 Å². The summed E-state index contributed by atoms with van der Waals surface area (Å²) in [6, 6.07) is 0.317. The van der Waals surface area contributed by atoms with E-state index in [9.17, 15) is 5.11 Å². The van der Waals surface area contributed by atoms with Gasteiger partial charge in [0.2, 0.25) is 5.89 Å². The van der Waals surface area contributed by atoms with Gasteiger partial charge < -0.3 is 14.5 Å². The first-order valence-corrected chi connectivity index (χ1v) is 9.41. The lowest BCUT2D eigenvalue weighted by molar-refractivity contribution is -0.0413. The summed E-state index contributed by atoms with van der Waals surface area (Å²) in [5.74, 6) is 2.32. The normalized spacial score (nSPS) is 26.7. The van der Waals surface area contributed by atoms with Crippen LogP contribution >= 0.6 is 0 Å². The third kappa shape index (κ3) is 3.19. The zero-order valence-corrected chi connectivity index (χ0v) is 15.2. The fraction of sp³-hybridized carbons (Fsp3) is 0.667. The summed E-state index contributed by atoms with van der Waals surface area (Å²) in [7, 11) is 0. The molecule has 8 heteroatoms. The maximum absolute atomic E-state index is 10.3. The van der Waals surface area contributed by atoms with Crippen molar-refractivity contribution >= 4 is 5.82 Å². The zero-order chi connectivity index (χ0) is 18.0. The van der Waals surface area contributed by atoms with Crippen LogP contribution in [0.2, 0.25) is 0 Å². The van der Waals surface area contributed by atoms with Crippen molar-refractivity contribution in [1.82, 2.24) is 25.0 Å². The molecule has 0 spiro atoms. The van der Waals surface area contributed by atoms with Gasteiger partial charge in [-0.15, -0.1) is 0 Å². The van der Waals surface area contributed by atoms with E-state index in [0.717, 1.165) is 57.0 Å². The lowest BCUT2D eigenvalue weighted by atomic mass is 9.69. The number of piperidine rings is 2. The summed E-state index contributed by atoms with van der Waals surface area (Å²) in [6.07, 6.45) is 9.03. The lowest BCUT2D eigenvalue weighted by Crippen LogP contribution is -2.62. The Kier molecular flexibility index (Phi) is 4.86. The number of aliphatic hydroxyl groups is 1. The highest BCUT2D eigenvalue weighted by Gasteiger charge is 2.48. The number of nitrogens with zero attached hydrogens (tertiary/aromatic N) is 6. The summed E-state index contributed by atoms with van der Waals surface area (Å²) in [4.78, 5) is 17.8. The van der Waals surface area contributed by atoms with Crippen LogP contribution in [0.25, 0.3) is 0 Å². The summed E-state index contributed by atoms with van der Waals surface area (Å²) < 4.78 is 5.26. The monoisotopic (exact) mass is 358 g/mol. The van der Waals surface area contributed by atoms with E-state index >= 15 is 0 Å². The van der Waals surface area contributed by atoms with Crippen molar-refractivity contribution in [2.75, 3.05) is 31.1 Å². The van der Waals surface area contributed by atoms with Crippen molar-refractivity contribution in [3.05, 3.63) is 30.3 Å². The molecule has 2 aromatic rings. The van der Waals surface area contributed by atoms with Crippen LogP contribution in [-0.4, -0.2) is 62.4 Å². The first-order valence-electron chi connectivity index (χ1n) is 9.41. The van der Waals surface area contributed by atoms with Gasteiger partial charge in [-0.25, -0.2) is 4.98 Å². The molecular weight excluding hydrogens is 332 g/mol. The predicted molar refractivity (Wildman–Crippen MR) is 95.5 cm³/mol. The molecule has 2 aliphatic rings. The Balaban J connectivity index is 1.52. The van der Waals surface area contributed by atoms with Crippen LogP contribution < -0.4 is 4.90 Å². The number of aryl methyl sites for hydroxylation is 1. The smallest absolute Gasteiger partial charge is 0.226 e. The van der Waals surface area contributed by atoms with Crippen molar-refractivity contribution in [2.45, 2.75) is 45.2 Å². The zero-order valence-electron chi connectivity index (χ0n) is 15.2. The van der Waals surface area contributed by atoms with Gasteiger partial charge in [-0.1, -0.05) is 12.1 Å². The van der Waals surface area contributed by atoms with E-state index in [-0.39, 0.29) is 12.0 Å². The third-order valence-corrected chi connectivity index (χ3v) is 5.79. The molecule has 0 saturated carbocycles. The van der Waals surface area contributed by atoms with Crippen molar-refractivity contribution < 1.29 is 9.63 Å². The van der Waals surface area contributed by atoms with Gasteiger partial charge >= 0.3 is 0 Å². The molecule has 140 valence electrons. The molecule has 0 amide bonds. The Morgan fingerprint density at radius 1 is 1.35 bits per heavy atom. The molecule has 2 aromatic heterocycles. The number of hydrogen-bond acceptors (Lipinski definition) is 8. The molecule has 0 aromatic carbocycles. The Morgan fingerprint density at radius 2 is 2.27 bits per heavy atom. The van der Waals surface area contributed by atoms with Crippen LogP contribution in [-0.2, 0) is 13.0 Å². The van der Waals surface area contributed by atoms with Gasteiger partial charge in [0.1, 0.15) is 5.82 Å².